The van der Waals surface area contributed by atoms with Crippen LogP contribution in [-0.4, -0.2) is 36.0 Å². The zero-order valence-electron chi connectivity index (χ0n) is 12.9. The van der Waals surface area contributed by atoms with Gasteiger partial charge in [-0.3, -0.25) is 4.79 Å². The first-order chi connectivity index (χ1) is 10.1. The molecule has 0 bridgehead atoms. The van der Waals surface area contributed by atoms with E-state index in [2.05, 4.69) is 27.6 Å². The van der Waals surface area contributed by atoms with Crippen LogP contribution in [0, 0.1) is 6.92 Å². The van der Waals surface area contributed by atoms with Crippen molar-refractivity contribution in [2.24, 2.45) is 5.84 Å². The van der Waals surface area contributed by atoms with Gasteiger partial charge in [-0.15, -0.1) is 0 Å². The quantitative estimate of drug-likeness (QED) is 0.510. The Labute approximate surface area is 125 Å². The summed E-state index contributed by atoms with van der Waals surface area (Å²) in [5.74, 6) is 8.23. The van der Waals surface area contributed by atoms with Crippen molar-refractivity contribution < 1.29 is 4.79 Å². The van der Waals surface area contributed by atoms with Crippen LogP contribution in [0.4, 0.5) is 11.6 Å². The summed E-state index contributed by atoms with van der Waals surface area (Å²) in [6, 6.07) is 0. The molecule has 1 fully saturated rings. The first kappa shape index (κ1) is 15.5. The normalized spacial score (nSPS) is 13.9. The minimum absolute atomic E-state index is 0.0308. The van der Waals surface area contributed by atoms with Crippen molar-refractivity contribution >= 4 is 17.5 Å². The molecule has 1 saturated carbocycles. The van der Waals surface area contributed by atoms with E-state index in [4.69, 9.17) is 5.84 Å². The molecular weight excluding hydrogens is 268 g/mol. The Balaban J connectivity index is 2.36. The van der Waals surface area contributed by atoms with Crippen LogP contribution in [-0.2, 0) is 4.79 Å². The van der Waals surface area contributed by atoms with Gasteiger partial charge in [0.1, 0.15) is 17.5 Å². The van der Waals surface area contributed by atoms with Gasteiger partial charge >= 0.3 is 0 Å². The van der Waals surface area contributed by atoms with E-state index in [1.807, 2.05) is 11.8 Å². The molecule has 0 unspecified atom stereocenters. The second-order valence-corrected chi connectivity index (χ2v) is 5.39. The number of nitrogen functional groups attached to an aromatic ring is 1. The van der Waals surface area contributed by atoms with Crippen molar-refractivity contribution in [1.29, 1.82) is 0 Å². The Hall–Kier alpha value is -1.89. The Bertz CT molecular complexity index is 514. The lowest BCUT2D eigenvalue weighted by Gasteiger charge is -2.25. The molecule has 2 rings (SSSR count). The summed E-state index contributed by atoms with van der Waals surface area (Å²) in [5, 5.41) is 2.66. The van der Waals surface area contributed by atoms with E-state index in [-0.39, 0.29) is 12.5 Å². The van der Waals surface area contributed by atoms with Crippen LogP contribution >= 0.6 is 0 Å². The molecule has 0 aromatic carbocycles. The van der Waals surface area contributed by atoms with Gasteiger partial charge in [0.2, 0.25) is 5.91 Å². The number of rotatable bonds is 7. The van der Waals surface area contributed by atoms with Crippen molar-refractivity contribution in [3.63, 3.8) is 0 Å². The predicted molar refractivity (Wildman–Crippen MR) is 83.1 cm³/mol. The van der Waals surface area contributed by atoms with Crippen LogP contribution in [0.2, 0.25) is 0 Å². The Morgan fingerprint density at radius 3 is 2.67 bits per heavy atom. The maximum absolute atomic E-state index is 11.7. The number of likely N-dealkylation sites (N-methyl/N-ethyl adjacent to an activating group) is 1. The molecule has 0 aliphatic heterocycles. The molecule has 1 aliphatic rings. The fourth-order valence-corrected chi connectivity index (χ4v) is 2.28. The van der Waals surface area contributed by atoms with Crippen LogP contribution in [0.5, 0.6) is 0 Å². The lowest BCUT2D eigenvalue weighted by atomic mass is 10.2. The number of carbonyl (C=O) groups is 1. The lowest BCUT2D eigenvalue weighted by molar-refractivity contribution is -0.119. The molecule has 4 N–H and O–H groups in total. The number of nitrogens with zero attached hydrogens (tertiary/aromatic N) is 3. The number of amides is 1. The van der Waals surface area contributed by atoms with Crippen LogP contribution in [0.15, 0.2) is 0 Å². The monoisotopic (exact) mass is 292 g/mol. The highest BCUT2D eigenvalue weighted by Gasteiger charge is 2.29. The van der Waals surface area contributed by atoms with E-state index in [1.165, 1.54) is 0 Å². The summed E-state index contributed by atoms with van der Waals surface area (Å²) in [4.78, 5) is 22.9. The zero-order chi connectivity index (χ0) is 15.4. The van der Waals surface area contributed by atoms with Crippen molar-refractivity contribution in [1.82, 2.24) is 15.3 Å². The second-order valence-electron chi connectivity index (χ2n) is 5.39. The molecule has 0 atom stereocenters. The maximum atomic E-state index is 11.7. The van der Waals surface area contributed by atoms with Crippen molar-refractivity contribution in [2.75, 3.05) is 30.5 Å². The van der Waals surface area contributed by atoms with Gasteiger partial charge in [-0.05, 0) is 26.2 Å². The highest BCUT2D eigenvalue weighted by atomic mass is 16.1. The molecule has 0 spiro atoms. The summed E-state index contributed by atoms with van der Waals surface area (Å²) >= 11 is 0. The Kier molecular flexibility index (Phi) is 4.95. The van der Waals surface area contributed by atoms with Crippen LogP contribution in [0.3, 0.4) is 0 Å². The average molecular weight is 292 g/mol. The van der Waals surface area contributed by atoms with E-state index in [1.54, 1.807) is 7.05 Å². The minimum atomic E-state index is -0.0308. The van der Waals surface area contributed by atoms with Gasteiger partial charge in [-0.1, -0.05) is 6.92 Å². The molecule has 1 heterocycles. The smallest absolute Gasteiger partial charge is 0.239 e. The summed E-state index contributed by atoms with van der Waals surface area (Å²) < 4.78 is 0. The largest absolute Gasteiger partial charge is 0.358 e. The topological polar surface area (TPSA) is 96.2 Å². The molecule has 1 amide bonds. The number of nitrogens with one attached hydrogen (secondary N) is 2. The van der Waals surface area contributed by atoms with Gasteiger partial charge in [-0.2, -0.15) is 0 Å². The van der Waals surface area contributed by atoms with E-state index >= 15 is 0 Å². The first-order valence-electron chi connectivity index (χ1n) is 7.41. The highest BCUT2D eigenvalue weighted by Crippen LogP contribution is 2.39. The molecule has 0 saturated heterocycles. The average Bonchev–Trinajstić information content (AvgIpc) is 3.31. The Morgan fingerprint density at radius 1 is 1.43 bits per heavy atom. The summed E-state index contributed by atoms with van der Waals surface area (Å²) in [5.41, 5.74) is 3.52. The molecule has 7 heteroatoms. The molecule has 0 radical (unpaired) electrons. The third kappa shape index (κ3) is 3.60. The van der Waals surface area contributed by atoms with Gasteiger partial charge in [0.05, 0.1) is 6.54 Å². The standard InChI is InChI=1S/C14H24N6O/c1-4-7-20(8-11(21)16-3)14-9(2)12(19-15)17-13(18-14)10-5-6-10/h10H,4-8,15H2,1-3H3,(H,16,21)(H,17,18,19). The van der Waals surface area contributed by atoms with Gasteiger partial charge in [0.25, 0.3) is 0 Å². The first-order valence-corrected chi connectivity index (χ1v) is 7.41. The third-order valence-electron chi connectivity index (χ3n) is 3.62. The van der Waals surface area contributed by atoms with E-state index in [0.717, 1.165) is 43.0 Å². The van der Waals surface area contributed by atoms with Crippen molar-refractivity contribution in [3.8, 4) is 0 Å². The number of carbonyl (C=O) groups excluding carboxylic acids is 1. The molecule has 21 heavy (non-hydrogen) atoms. The minimum Gasteiger partial charge on any atom is -0.358 e. The van der Waals surface area contributed by atoms with Gasteiger partial charge in [0, 0.05) is 25.1 Å². The molecule has 1 aromatic rings. The lowest BCUT2D eigenvalue weighted by Crippen LogP contribution is -2.37. The number of anilines is 2. The van der Waals surface area contributed by atoms with E-state index in [0.29, 0.717) is 11.7 Å². The fraction of sp³-hybridized carbons (Fsp3) is 0.643. The van der Waals surface area contributed by atoms with Crippen LogP contribution < -0.4 is 21.5 Å². The number of hydrazine groups is 1. The predicted octanol–water partition coefficient (Wildman–Crippen LogP) is 0.910. The summed E-state index contributed by atoms with van der Waals surface area (Å²) in [7, 11) is 1.64. The number of nitrogens with two attached hydrogens (primary N) is 1. The summed E-state index contributed by atoms with van der Waals surface area (Å²) in [6.07, 6.45) is 3.18. The second kappa shape index (κ2) is 6.71. The Morgan fingerprint density at radius 2 is 2.14 bits per heavy atom. The molecular formula is C14H24N6O. The number of hydrogen-bond acceptors (Lipinski definition) is 6. The van der Waals surface area contributed by atoms with Gasteiger partial charge in [-0.25, -0.2) is 15.8 Å². The van der Waals surface area contributed by atoms with Crippen molar-refractivity contribution in [3.05, 3.63) is 11.4 Å². The zero-order valence-corrected chi connectivity index (χ0v) is 12.9. The van der Waals surface area contributed by atoms with Gasteiger partial charge < -0.3 is 15.6 Å². The number of aromatic nitrogens is 2. The number of hydrogen-bond donors (Lipinski definition) is 3. The fourth-order valence-electron chi connectivity index (χ4n) is 2.28. The van der Waals surface area contributed by atoms with Gasteiger partial charge in [0.15, 0.2) is 0 Å². The molecule has 1 aliphatic carbocycles. The van der Waals surface area contributed by atoms with Crippen molar-refractivity contribution in [2.45, 2.75) is 39.0 Å². The van der Waals surface area contributed by atoms with Crippen LogP contribution in [0.1, 0.15) is 43.5 Å². The summed E-state index contributed by atoms with van der Waals surface area (Å²) in [6.45, 7) is 5.06. The third-order valence-corrected chi connectivity index (χ3v) is 3.62. The molecule has 7 nitrogen and oxygen atoms in total. The SMILES string of the molecule is CCCN(CC(=O)NC)c1nc(C2CC2)nc(NN)c1C. The molecule has 116 valence electrons. The van der Waals surface area contributed by atoms with E-state index < -0.39 is 0 Å². The maximum Gasteiger partial charge on any atom is 0.239 e. The molecule has 1 aromatic heterocycles. The highest BCUT2D eigenvalue weighted by molar-refractivity contribution is 5.81. The van der Waals surface area contributed by atoms with E-state index in [9.17, 15) is 4.79 Å². The van der Waals surface area contributed by atoms with Crippen LogP contribution in [0.25, 0.3) is 0 Å².